The van der Waals surface area contributed by atoms with E-state index in [1.165, 1.54) is 18.1 Å². The first kappa shape index (κ1) is 21.8. The summed E-state index contributed by atoms with van der Waals surface area (Å²) in [6.45, 7) is 1.94. The highest BCUT2D eigenvalue weighted by molar-refractivity contribution is 7.98. The molecule has 4 rings (SSSR count). The van der Waals surface area contributed by atoms with E-state index in [0.717, 1.165) is 22.0 Å². The summed E-state index contributed by atoms with van der Waals surface area (Å²) in [6, 6.07) is 14.7. The molecule has 1 aliphatic rings. The predicted molar refractivity (Wildman–Crippen MR) is 121 cm³/mol. The number of imide groups is 1. The average Bonchev–Trinajstić information content (AvgIpc) is 3.33. The number of nitrogens with zero attached hydrogens (tertiary/aromatic N) is 2. The van der Waals surface area contributed by atoms with Crippen molar-refractivity contribution in [3.63, 3.8) is 0 Å². The normalized spacial score (nSPS) is 18.3. The zero-order valence-corrected chi connectivity index (χ0v) is 18.4. The van der Waals surface area contributed by atoms with E-state index in [0.29, 0.717) is 30.5 Å². The lowest BCUT2D eigenvalue weighted by molar-refractivity contribution is -0.138. The van der Waals surface area contributed by atoms with E-state index in [2.05, 4.69) is 25.8 Å². The summed E-state index contributed by atoms with van der Waals surface area (Å²) in [5, 5.41) is 12.7. The number of rotatable bonds is 7. The summed E-state index contributed by atoms with van der Waals surface area (Å²) in [5.74, 6) is 0.0234. The van der Waals surface area contributed by atoms with Crippen molar-refractivity contribution in [3.8, 4) is 0 Å². The van der Waals surface area contributed by atoms with Crippen molar-refractivity contribution in [1.82, 2.24) is 20.5 Å². The fraction of sp³-hybridized carbons (Fsp3) is 0.261. The first-order valence-corrected chi connectivity index (χ1v) is 11.3. The Morgan fingerprint density at radius 3 is 2.50 bits per heavy atom. The fourth-order valence-electron chi connectivity index (χ4n) is 3.81. The van der Waals surface area contributed by atoms with Crippen LogP contribution in [0.15, 0.2) is 60.0 Å². The van der Waals surface area contributed by atoms with Crippen molar-refractivity contribution in [1.29, 1.82) is 0 Å². The number of hydrogen-bond acceptors (Lipinski definition) is 6. The predicted octanol–water partition coefficient (Wildman–Crippen LogP) is 3.43. The lowest BCUT2D eigenvalue weighted by Crippen LogP contribution is -2.51. The number of nitrogens with one attached hydrogen (secondary N) is 3. The number of thioether (sulfide) groups is 1. The molecule has 2 aromatic carbocycles. The van der Waals surface area contributed by atoms with Gasteiger partial charge in [-0.3, -0.25) is 24.8 Å². The van der Waals surface area contributed by atoms with Gasteiger partial charge in [-0.2, -0.15) is 5.10 Å². The minimum Gasteiger partial charge on any atom is -0.322 e. The molecule has 3 amide bonds. The number of aromatic nitrogens is 3. The lowest BCUT2D eigenvalue weighted by Gasteiger charge is -2.35. The van der Waals surface area contributed by atoms with E-state index in [1.807, 2.05) is 31.2 Å². The van der Waals surface area contributed by atoms with Crippen molar-refractivity contribution in [3.05, 3.63) is 71.5 Å². The number of benzene rings is 2. The largest absolute Gasteiger partial charge is 0.322 e. The topological polar surface area (TPSA) is 117 Å². The summed E-state index contributed by atoms with van der Waals surface area (Å²) in [6.07, 6.45) is 2.88. The van der Waals surface area contributed by atoms with Gasteiger partial charge in [-0.25, -0.2) is 4.98 Å². The van der Waals surface area contributed by atoms with Gasteiger partial charge in [0, 0.05) is 23.4 Å². The third-order valence-electron chi connectivity index (χ3n) is 5.75. The Hall–Kier alpha value is -3.46. The number of carbonyl (C=O) groups excluding carboxylic acids is 3. The second-order valence-electron chi connectivity index (χ2n) is 7.62. The van der Waals surface area contributed by atoms with E-state index < -0.39 is 5.41 Å². The van der Waals surface area contributed by atoms with E-state index in [-0.39, 0.29) is 17.7 Å². The van der Waals surface area contributed by atoms with E-state index in [4.69, 9.17) is 0 Å². The molecule has 0 aliphatic carbocycles. The maximum atomic E-state index is 12.6. The van der Waals surface area contributed by atoms with Crippen LogP contribution in [0.25, 0.3) is 0 Å². The summed E-state index contributed by atoms with van der Waals surface area (Å²) in [5.41, 5.74) is 2.40. The monoisotopic (exact) mass is 449 g/mol. The maximum Gasteiger partial charge on any atom is 0.255 e. The van der Waals surface area contributed by atoms with Gasteiger partial charge < -0.3 is 5.32 Å². The molecule has 3 N–H and O–H groups in total. The number of piperidine rings is 1. The molecular formula is C23H23N5O3S. The third-order valence-corrected chi connectivity index (χ3v) is 6.70. The first-order valence-electron chi connectivity index (χ1n) is 10.3. The molecule has 164 valence electrons. The molecule has 0 radical (unpaired) electrons. The molecule has 32 heavy (non-hydrogen) atoms. The van der Waals surface area contributed by atoms with E-state index in [1.54, 1.807) is 24.3 Å². The van der Waals surface area contributed by atoms with Crippen LogP contribution in [0.3, 0.4) is 0 Å². The standard InChI is InChI=1S/C23H23N5O3S/c1-2-23(12-11-19(29)27-21(23)31)17-7-9-18(10-8-17)26-20(30)16-5-3-15(4-6-16)13-32-22-24-14-25-28-22/h3-10,14H,2,11-13H2,1H3,(H,26,30)(H,24,25,28)(H,27,29,31). The highest BCUT2D eigenvalue weighted by Crippen LogP contribution is 2.36. The van der Waals surface area contributed by atoms with Crippen LogP contribution in [0.4, 0.5) is 5.69 Å². The second kappa shape index (κ2) is 9.35. The Kier molecular flexibility index (Phi) is 6.36. The van der Waals surface area contributed by atoms with Crippen molar-refractivity contribution in [2.45, 2.75) is 42.5 Å². The van der Waals surface area contributed by atoms with Gasteiger partial charge in [-0.05, 0) is 48.2 Å². The van der Waals surface area contributed by atoms with Gasteiger partial charge >= 0.3 is 0 Å². The van der Waals surface area contributed by atoms with E-state index >= 15 is 0 Å². The minimum absolute atomic E-state index is 0.210. The minimum atomic E-state index is -0.712. The molecule has 1 fully saturated rings. The SMILES string of the molecule is CCC1(c2ccc(NC(=O)c3ccc(CSc4ncn[nH]4)cc3)cc2)CCC(=O)NC1=O. The quantitative estimate of drug-likeness (QED) is 0.376. The van der Waals surface area contributed by atoms with Gasteiger partial charge in [0.1, 0.15) is 6.33 Å². The van der Waals surface area contributed by atoms with Gasteiger partial charge in [0.15, 0.2) is 5.16 Å². The lowest BCUT2D eigenvalue weighted by atomic mass is 9.72. The number of amides is 3. The Balaban J connectivity index is 1.39. The van der Waals surface area contributed by atoms with Crippen molar-refractivity contribution in [2.75, 3.05) is 5.32 Å². The highest BCUT2D eigenvalue weighted by Gasteiger charge is 2.42. The molecule has 1 unspecified atom stereocenters. The van der Waals surface area contributed by atoms with Crippen molar-refractivity contribution in [2.24, 2.45) is 0 Å². The summed E-state index contributed by atoms with van der Waals surface area (Å²) < 4.78 is 0. The zero-order chi connectivity index (χ0) is 22.6. The molecule has 9 heteroatoms. The number of carbonyl (C=O) groups is 3. The van der Waals surface area contributed by atoms with Crippen molar-refractivity contribution >= 4 is 35.2 Å². The van der Waals surface area contributed by atoms with Crippen LogP contribution in [-0.2, 0) is 20.8 Å². The molecule has 8 nitrogen and oxygen atoms in total. The summed E-state index contributed by atoms with van der Waals surface area (Å²) in [7, 11) is 0. The molecule has 2 heterocycles. The van der Waals surface area contributed by atoms with Crippen LogP contribution in [0, 0.1) is 0 Å². The van der Waals surface area contributed by atoms with E-state index in [9.17, 15) is 14.4 Å². The molecule has 1 aromatic heterocycles. The maximum absolute atomic E-state index is 12.6. The summed E-state index contributed by atoms with van der Waals surface area (Å²) >= 11 is 1.53. The fourth-order valence-corrected chi connectivity index (χ4v) is 4.54. The van der Waals surface area contributed by atoms with Crippen LogP contribution >= 0.6 is 11.8 Å². The van der Waals surface area contributed by atoms with Crippen LogP contribution in [0.2, 0.25) is 0 Å². The number of anilines is 1. The molecule has 1 aliphatic heterocycles. The number of hydrogen-bond donors (Lipinski definition) is 3. The molecule has 1 saturated heterocycles. The number of aromatic amines is 1. The average molecular weight is 450 g/mol. The van der Waals surface area contributed by atoms with Gasteiger partial charge in [-0.15, -0.1) is 0 Å². The van der Waals surface area contributed by atoms with Crippen LogP contribution in [0.5, 0.6) is 0 Å². The molecule has 1 atom stereocenters. The second-order valence-corrected chi connectivity index (χ2v) is 8.58. The number of H-pyrrole nitrogens is 1. The van der Waals surface area contributed by atoms with Gasteiger partial charge in [0.2, 0.25) is 11.8 Å². The summed E-state index contributed by atoms with van der Waals surface area (Å²) in [4.78, 5) is 40.8. The first-order chi connectivity index (χ1) is 15.5. The highest BCUT2D eigenvalue weighted by atomic mass is 32.2. The van der Waals surface area contributed by atoms with Crippen LogP contribution < -0.4 is 10.6 Å². The third kappa shape index (κ3) is 4.57. The van der Waals surface area contributed by atoms with Crippen LogP contribution in [-0.4, -0.2) is 32.9 Å². The van der Waals surface area contributed by atoms with Gasteiger partial charge in [0.25, 0.3) is 5.91 Å². The zero-order valence-electron chi connectivity index (χ0n) is 17.6. The molecule has 0 saturated carbocycles. The molecule has 0 spiro atoms. The smallest absolute Gasteiger partial charge is 0.255 e. The van der Waals surface area contributed by atoms with Gasteiger partial charge in [-0.1, -0.05) is 43.0 Å². The van der Waals surface area contributed by atoms with Gasteiger partial charge in [0.05, 0.1) is 5.41 Å². The Morgan fingerprint density at radius 2 is 1.88 bits per heavy atom. The van der Waals surface area contributed by atoms with Crippen LogP contribution in [0.1, 0.15) is 47.7 Å². The molecule has 0 bridgehead atoms. The Bertz CT molecular complexity index is 1110. The molecular weight excluding hydrogens is 426 g/mol. The Labute approximate surface area is 189 Å². The molecule has 3 aromatic rings. The Morgan fingerprint density at radius 1 is 1.12 bits per heavy atom. The van der Waals surface area contributed by atoms with Crippen molar-refractivity contribution < 1.29 is 14.4 Å².